The number of carbonyl (C=O) groups is 4. The summed E-state index contributed by atoms with van der Waals surface area (Å²) in [6.45, 7) is -0.144. The maximum absolute atomic E-state index is 13.1. The summed E-state index contributed by atoms with van der Waals surface area (Å²) < 4.78 is 5.70. The molecule has 192 valence electrons. The van der Waals surface area contributed by atoms with Crippen LogP contribution in [0.15, 0.2) is 54.6 Å². The Bertz CT molecular complexity index is 1060. The van der Waals surface area contributed by atoms with Crippen molar-refractivity contribution in [2.75, 3.05) is 24.6 Å². The van der Waals surface area contributed by atoms with Gasteiger partial charge in [0.15, 0.2) is 0 Å². The Morgan fingerprint density at radius 3 is 2.39 bits per heavy atom. The minimum absolute atomic E-state index is 0.114. The van der Waals surface area contributed by atoms with Crippen molar-refractivity contribution in [3.63, 3.8) is 0 Å². The minimum atomic E-state index is -1.19. The van der Waals surface area contributed by atoms with Crippen LogP contribution in [0.1, 0.15) is 42.5 Å². The quantitative estimate of drug-likeness (QED) is 0.309. The van der Waals surface area contributed by atoms with E-state index in [-0.39, 0.29) is 12.5 Å². The van der Waals surface area contributed by atoms with Gasteiger partial charge in [0.1, 0.15) is 31.0 Å². The van der Waals surface area contributed by atoms with Gasteiger partial charge in [0.25, 0.3) is 5.91 Å². The second kappa shape index (κ2) is 13.2. The van der Waals surface area contributed by atoms with Crippen molar-refractivity contribution in [3.05, 3.63) is 60.2 Å². The number of nitrogens with one attached hydrogen (secondary N) is 2. The molecule has 1 unspecified atom stereocenters. The number of amides is 2. The Hall–Kier alpha value is -3.92. The molecule has 1 aliphatic rings. The van der Waals surface area contributed by atoms with E-state index < -0.39 is 36.5 Å². The molecule has 2 aromatic carbocycles. The molecule has 0 aromatic heterocycles. The summed E-state index contributed by atoms with van der Waals surface area (Å²) in [5.41, 5.74) is 0.940. The summed E-state index contributed by atoms with van der Waals surface area (Å²) in [5, 5.41) is 24.7. The molecule has 1 aliphatic heterocycles. The maximum Gasteiger partial charge on any atom is 0.323 e. The first-order valence-electron chi connectivity index (χ1n) is 11.9. The molecular weight excluding hydrogens is 466 g/mol. The van der Waals surface area contributed by atoms with Crippen LogP contribution >= 0.6 is 0 Å². The van der Waals surface area contributed by atoms with E-state index in [1.807, 2.05) is 6.07 Å². The van der Waals surface area contributed by atoms with E-state index in [1.165, 1.54) is 0 Å². The molecule has 0 spiro atoms. The van der Waals surface area contributed by atoms with Gasteiger partial charge in [-0.05, 0) is 37.1 Å². The molecule has 4 N–H and O–H groups in total. The molecule has 2 atom stereocenters. The number of fused-ring (bicyclic) bond motifs is 1. The largest absolute Gasteiger partial charge is 0.489 e. The van der Waals surface area contributed by atoms with Crippen molar-refractivity contribution >= 4 is 29.4 Å². The van der Waals surface area contributed by atoms with E-state index >= 15 is 0 Å². The van der Waals surface area contributed by atoms with Crippen LogP contribution in [0.3, 0.4) is 0 Å². The fourth-order valence-corrected chi connectivity index (χ4v) is 4.01. The summed E-state index contributed by atoms with van der Waals surface area (Å²) >= 11 is 0. The van der Waals surface area contributed by atoms with Gasteiger partial charge in [0.2, 0.25) is 5.91 Å². The number of benzene rings is 2. The van der Waals surface area contributed by atoms with Gasteiger partial charge in [-0.3, -0.25) is 29.4 Å². The zero-order valence-corrected chi connectivity index (χ0v) is 19.9. The van der Waals surface area contributed by atoms with E-state index in [1.54, 1.807) is 48.5 Å². The third-order valence-electron chi connectivity index (χ3n) is 5.86. The number of ether oxygens (including phenoxy) is 1. The third kappa shape index (κ3) is 7.54. The molecule has 2 amide bonds. The average Bonchev–Trinajstić information content (AvgIpc) is 2.99. The van der Waals surface area contributed by atoms with Crippen LogP contribution in [0.25, 0.3) is 0 Å². The van der Waals surface area contributed by atoms with Gasteiger partial charge in [-0.1, -0.05) is 49.6 Å². The lowest BCUT2D eigenvalue weighted by Gasteiger charge is -2.25. The van der Waals surface area contributed by atoms with Gasteiger partial charge >= 0.3 is 11.9 Å². The average molecular weight is 498 g/mol. The second-order valence-corrected chi connectivity index (χ2v) is 8.53. The van der Waals surface area contributed by atoms with Gasteiger partial charge in [-0.25, -0.2) is 0 Å². The van der Waals surface area contributed by atoms with E-state index in [0.29, 0.717) is 36.4 Å². The van der Waals surface area contributed by atoms with Crippen LogP contribution in [0.4, 0.5) is 5.69 Å². The van der Waals surface area contributed by atoms with Gasteiger partial charge in [0.05, 0.1) is 5.69 Å². The van der Waals surface area contributed by atoms with Crippen LogP contribution in [0, 0.1) is 0 Å². The van der Waals surface area contributed by atoms with E-state index in [4.69, 9.17) is 4.74 Å². The molecule has 36 heavy (non-hydrogen) atoms. The van der Waals surface area contributed by atoms with E-state index in [0.717, 1.165) is 24.2 Å². The van der Waals surface area contributed by atoms with Gasteiger partial charge in [-0.2, -0.15) is 0 Å². The number of nitrogens with zero attached hydrogens (tertiary/aromatic N) is 1. The second-order valence-electron chi connectivity index (χ2n) is 8.53. The van der Waals surface area contributed by atoms with Gasteiger partial charge in [-0.15, -0.1) is 0 Å². The molecule has 0 saturated heterocycles. The summed E-state index contributed by atoms with van der Waals surface area (Å²) in [4.78, 5) is 49.4. The number of carboxylic acids is 2. The lowest BCUT2D eigenvalue weighted by Crippen LogP contribution is -2.54. The highest BCUT2D eigenvalue weighted by atomic mass is 16.5. The molecule has 0 fully saturated rings. The number of carboxylic acid groups (broad SMARTS) is 2. The number of aliphatic carboxylic acids is 2. The van der Waals surface area contributed by atoms with Gasteiger partial charge < -0.3 is 20.3 Å². The maximum atomic E-state index is 13.1. The SMILES string of the molecule is O=C(O)CN1C(=O)[C@@H](NC(CCCCCCNC(=O)c2ccccc2)C(=O)O)COc2ccccc21. The first-order valence-corrected chi connectivity index (χ1v) is 11.9. The number of para-hydroxylation sites is 2. The lowest BCUT2D eigenvalue weighted by atomic mass is 10.1. The first kappa shape index (κ1) is 26.7. The Labute approximate surface area is 209 Å². The molecule has 10 heteroatoms. The number of hydrogen-bond acceptors (Lipinski definition) is 6. The molecule has 0 bridgehead atoms. The molecule has 0 aliphatic carbocycles. The normalized spacial score (nSPS) is 15.8. The number of anilines is 1. The highest BCUT2D eigenvalue weighted by Crippen LogP contribution is 2.31. The third-order valence-corrected chi connectivity index (χ3v) is 5.86. The van der Waals surface area contributed by atoms with E-state index in [9.17, 15) is 29.4 Å². The van der Waals surface area contributed by atoms with Crippen molar-refractivity contribution in [3.8, 4) is 5.75 Å². The zero-order chi connectivity index (χ0) is 25.9. The lowest BCUT2D eigenvalue weighted by molar-refractivity contribution is -0.141. The highest BCUT2D eigenvalue weighted by Gasteiger charge is 2.35. The Morgan fingerprint density at radius 2 is 1.67 bits per heavy atom. The van der Waals surface area contributed by atoms with Crippen molar-refractivity contribution in [1.82, 2.24) is 10.6 Å². The van der Waals surface area contributed by atoms with Crippen LogP contribution in [-0.2, 0) is 14.4 Å². The zero-order valence-electron chi connectivity index (χ0n) is 19.9. The number of carbonyl (C=O) groups excluding carboxylic acids is 2. The summed E-state index contributed by atoms with van der Waals surface area (Å²) in [5.74, 6) is -2.59. The Kier molecular flexibility index (Phi) is 9.82. The minimum Gasteiger partial charge on any atom is -0.489 e. The molecule has 2 aromatic rings. The van der Waals surface area contributed by atoms with Crippen LogP contribution < -0.4 is 20.3 Å². The standard InChI is InChI=1S/C26H31N3O7/c30-23(31)16-29-21-13-7-8-14-22(21)36-17-20(25(29)33)28-19(26(34)35)12-6-1-2-9-15-27-24(32)18-10-4-3-5-11-18/h3-5,7-8,10-11,13-14,19-20,28H,1-2,6,9,12,15-17H2,(H,27,32)(H,30,31)(H,34,35)/t19?,20-/m0/s1. The van der Waals surface area contributed by atoms with Crippen molar-refractivity contribution in [2.45, 2.75) is 44.2 Å². The summed E-state index contributed by atoms with van der Waals surface area (Å²) in [6, 6.07) is 13.6. The molecular formula is C26H31N3O7. The highest BCUT2D eigenvalue weighted by molar-refractivity contribution is 6.02. The van der Waals surface area contributed by atoms with Crippen LogP contribution in [-0.4, -0.2) is 65.7 Å². The van der Waals surface area contributed by atoms with E-state index in [2.05, 4.69) is 10.6 Å². The number of hydrogen-bond donors (Lipinski definition) is 4. The molecule has 0 saturated carbocycles. The van der Waals surface area contributed by atoms with Gasteiger partial charge in [0, 0.05) is 12.1 Å². The van der Waals surface area contributed by atoms with Crippen LogP contribution in [0.5, 0.6) is 5.75 Å². The molecule has 3 rings (SSSR count). The number of rotatable bonds is 13. The number of unbranched alkanes of at least 4 members (excludes halogenated alkanes) is 3. The van der Waals surface area contributed by atoms with Crippen LogP contribution in [0.2, 0.25) is 0 Å². The molecule has 10 nitrogen and oxygen atoms in total. The van der Waals surface area contributed by atoms with Crippen molar-refractivity contribution in [2.24, 2.45) is 0 Å². The predicted molar refractivity (Wildman–Crippen MR) is 132 cm³/mol. The smallest absolute Gasteiger partial charge is 0.323 e. The van der Waals surface area contributed by atoms with Crippen molar-refractivity contribution in [1.29, 1.82) is 0 Å². The predicted octanol–water partition coefficient (Wildman–Crippen LogP) is 2.29. The Morgan fingerprint density at radius 1 is 0.972 bits per heavy atom. The van der Waals surface area contributed by atoms with Crippen molar-refractivity contribution < 1.29 is 34.1 Å². The summed E-state index contributed by atoms with van der Waals surface area (Å²) in [6.07, 6.45) is 3.24. The fourth-order valence-electron chi connectivity index (χ4n) is 4.01. The summed E-state index contributed by atoms with van der Waals surface area (Å²) in [7, 11) is 0. The molecule has 1 heterocycles. The fraction of sp³-hybridized carbons (Fsp3) is 0.385. The topological polar surface area (TPSA) is 145 Å². The monoisotopic (exact) mass is 497 g/mol. The Balaban J connectivity index is 1.46. The molecule has 0 radical (unpaired) electrons. The first-order chi connectivity index (χ1) is 17.4.